The van der Waals surface area contributed by atoms with Gasteiger partial charge in [0.15, 0.2) is 18.7 Å². The van der Waals surface area contributed by atoms with E-state index in [1.807, 2.05) is 60.7 Å². The van der Waals surface area contributed by atoms with Gasteiger partial charge in [-0.3, -0.25) is 10.1 Å². The van der Waals surface area contributed by atoms with E-state index in [0.29, 0.717) is 0 Å². The minimum absolute atomic E-state index is 0.184. The number of nitro groups is 1. The summed E-state index contributed by atoms with van der Waals surface area (Å²) in [6.07, 6.45) is -5.09. The summed E-state index contributed by atoms with van der Waals surface area (Å²) in [4.78, 5) is 22.9. The predicted octanol–water partition coefficient (Wildman–Crippen LogP) is 2.63. The number of ether oxygens (including phenoxy) is 6. The lowest BCUT2D eigenvalue weighted by atomic mass is 10.00. The first kappa shape index (κ1) is 24.2. The Morgan fingerprint density at radius 3 is 2.41 bits per heavy atom. The summed E-state index contributed by atoms with van der Waals surface area (Å²) in [6, 6.07) is 17.4. The number of hydrogen-bond acceptors (Lipinski definition) is 9. The van der Waals surface area contributed by atoms with Crippen molar-refractivity contribution in [3.8, 4) is 0 Å². The molecule has 2 aromatic carbocycles. The van der Waals surface area contributed by atoms with Gasteiger partial charge in [-0.15, -0.1) is 0 Å². The Bertz CT molecular complexity index is 957. The smallest absolute Gasteiger partial charge is 0.381 e. The molecule has 2 aliphatic rings. The number of methoxy groups -OCH3 is 1. The molecule has 2 fully saturated rings. The summed E-state index contributed by atoms with van der Waals surface area (Å²) in [6.45, 7) is 1.58. The lowest BCUT2D eigenvalue weighted by molar-refractivity contribution is -0.507. The van der Waals surface area contributed by atoms with Gasteiger partial charge in [0.2, 0.25) is 0 Å². The highest BCUT2D eigenvalue weighted by molar-refractivity contribution is 5.74. The molecule has 0 aliphatic carbocycles. The van der Waals surface area contributed by atoms with Crippen molar-refractivity contribution in [1.29, 1.82) is 0 Å². The van der Waals surface area contributed by atoms with Gasteiger partial charge in [0.05, 0.1) is 13.2 Å². The van der Waals surface area contributed by atoms with Crippen LogP contribution in [-0.4, -0.2) is 61.5 Å². The first-order valence-corrected chi connectivity index (χ1v) is 11.0. The maximum Gasteiger partial charge on any atom is 0.381 e. The number of fused-ring (bicyclic) bond motifs is 1. The maximum atomic E-state index is 12.5. The van der Waals surface area contributed by atoms with Crippen LogP contribution < -0.4 is 0 Å². The zero-order valence-electron chi connectivity index (χ0n) is 18.9. The van der Waals surface area contributed by atoms with Crippen LogP contribution in [0.1, 0.15) is 24.2 Å². The highest BCUT2D eigenvalue weighted by Crippen LogP contribution is 2.37. The minimum Gasteiger partial charge on any atom is -0.449 e. The van der Waals surface area contributed by atoms with Crippen molar-refractivity contribution < 1.29 is 38.1 Å². The Balaban J connectivity index is 1.60. The molecular formula is C24H27NO9. The van der Waals surface area contributed by atoms with Gasteiger partial charge in [0.1, 0.15) is 18.3 Å². The standard InChI is InChI=1S/C24H27NO9/c1-15(25(27)28)22(26)33-20-19(30-13-16-9-5-3-6-10-16)21-24(34-23(20)29-2)31-14-18(32-21)17-11-7-4-8-12-17/h3-12,15,18-21,23-24H,13-14H2,1-2H3/t15?,18-,19+,20+,21-,23-,24-/m0/s1. The molecule has 182 valence electrons. The molecule has 0 bridgehead atoms. The Hall–Kier alpha value is -2.89. The fraction of sp³-hybridized carbons (Fsp3) is 0.458. The third-order valence-electron chi connectivity index (χ3n) is 5.78. The van der Waals surface area contributed by atoms with Crippen molar-refractivity contribution in [3.05, 3.63) is 81.9 Å². The van der Waals surface area contributed by atoms with Crippen LogP contribution in [0, 0.1) is 10.1 Å². The van der Waals surface area contributed by atoms with Crippen LogP contribution >= 0.6 is 0 Å². The van der Waals surface area contributed by atoms with Crippen molar-refractivity contribution in [3.63, 3.8) is 0 Å². The van der Waals surface area contributed by atoms with Crippen LogP contribution in [-0.2, 0) is 39.8 Å². The van der Waals surface area contributed by atoms with E-state index in [-0.39, 0.29) is 13.2 Å². The second-order valence-corrected chi connectivity index (χ2v) is 8.07. The van der Waals surface area contributed by atoms with Crippen LogP contribution in [0.5, 0.6) is 0 Å². The van der Waals surface area contributed by atoms with E-state index in [9.17, 15) is 14.9 Å². The van der Waals surface area contributed by atoms with E-state index in [2.05, 4.69) is 0 Å². The third kappa shape index (κ3) is 5.43. The van der Waals surface area contributed by atoms with E-state index >= 15 is 0 Å². The lowest BCUT2D eigenvalue weighted by Crippen LogP contribution is -2.63. The molecule has 2 saturated heterocycles. The monoisotopic (exact) mass is 473 g/mol. The predicted molar refractivity (Wildman–Crippen MR) is 117 cm³/mol. The minimum atomic E-state index is -1.56. The van der Waals surface area contributed by atoms with E-state index in [4.69, 9.17) is 28.4 Å². The van der Waals surface area contributed by atoms with Crippen molar-refractivity contribution in [2.45, 2.75) is 56.6 Å². The fourth-order valence-corrected chi connectivity index (χ4v) is 3.90. The largest absolute Gasteiger partial charge is 0.449 e. The molecule has 0 radical (unpaired) electrons. The highest BCUT2D eigenvalue weighted by Gasteiger charge is 2.53. The molecule has 2 aliphatic heterocycles. The molecular weight excluding hydrogens is 446 g/mol. The van der Waals surface area contributed by atoms with Gasteiger partial charge in [-0.2, -0.15) is 0 Å². The third-order valence-corrected chi connectivity index (χ3v) is 5.78. The molecule has 10 nitrogen and oxygen atoms in total. The zero-order chi connectivity index (χ0) is 24.1. The van der Waals surface area contributed by atoms with Gasteiger partial charge in [0, 0.05) is 19.0 Å². The molecule has 0 amide bonds. The van der Waals surface area contributed by atoms with Crippen LogP contribution in [0.25, 0.3) is 0 Å². The van der Waals surface area contributed by atoms with Gasteiger partial charge in [-0.1, -0.05) is 60.7 Å². The zero-order valence-corrected chi connectivity index (χ0v) is 18.9. The molecule has 7 atom stereocenters. The van der Waals surface area contributed by atoms with Crippen LogP contribution in [0.3, 0.4) is 0 Å². The molecule has 0 spiro atoms. The molecule has 1 unspecified atom stereocenters. The number of hydrogen-bond donors (Lipinski definition) is 0. The van der Waals surface area contributed by atoms with Gasteiger partial charge < -0.3 is 28.4 Å². The Morgan fingerprint density at radius 1 is 1.09 bits per heavy atom. The van der Waals surface area contributed by atoms with Crippen LogP contribution in [0.4, 0.5) is 0 Å². The maximum absolute atomic E-state index is 12.5. The molecule has 2 aromatic rings. The van der Waals surface area contributed by atoms with Crippen molar-refractivity contribution in [1.82, 2.24) is 0 Å². The number of benzene rings is 2. The molecule has 2 heterocycles. The Morgan fingerprint density at radius 2 is 1.76 bits per heavy atom. The van der Waals surface area contributed by atoms with E-state index in [0.717, 1.165) is 18.1 Å². The summed E-state index contributed by atoms with van der Waals surface area (Å²) < 4.78 is 35.3. The topological polar surface area (TPSA) is 116 Å². The molecule has 4 rings (SSSR count). The van der Waals surface area contributed by atoms with Gasteiger partial charge in [-0.05, 0) is 11.1 Å². The SMILES string of the molecule is CO[C@H]1O[C@@H]2OC[C@@H](c3ccccc3)O[C@H]2[C@H](OCc2ccccc2)[C@H]1OC(=O)C(C)[N+](=O)[O-]. The lowest BCUT2D eigenvalue weighted by Gasteiger charge is -2.48. The second-order valence-electron chi connectivity index (χ2n) is 8.07. The van der Waals surface area contributed by atoms with E-state index < -0.39 is 53.9 Å². The summed E-state index contributed by atoms with van der Waals surface area (Å²) in [5, 5.41) is 11.1. The van der Waals surface area contributed by atoms with Crippen LogP contribution in [0.2, 0.25) is 0 Å². The summed E-state index contributed by atoms with van der Waals surface area (Å²) in [5.41, 5.74) is 1.80. The van der Waals surface area contributed by atoms with Crippen molar-refractivity contribution >= 4 is 5.97 Å². The Kier molecular flexibility index (Phi) is 7.86. The highest BCUT2D eigenvalue weighted by atomic mass is 16.8. The van der Waals surface area contributed by atoms with Crippen molar-refractivity contribution in [2.75, 3.05) is 13.7 Å². The van der Waals surface area contributed by atoms with Gasteiger partial charge in [0.25, 0.3) is 0 Å². The average molecular weight is 473 g/mol. The van der Waals surface area contributed by atoms with E-state index in [1.165, 1.54) is 7.11 Å². The van der Waals surface area contributed by atoms with Crippen molar-refractivity contribution in [2.24, 2.45) is 0 Å². The molecule has 0 saturated carbocycles. The van der Waals surface area contributed by atoms with Gasteiger partial charge >= 0.3 is 12.0 Å². The number of carbonyl (C=O) groups excluding carboxylic acids is 1. The van der Waals surface area contributed by atoms with Gasteiger partial charge in [-0.25, -0.2) is 4.79 Å². The fourth-order valence-electron chi connectivity index (χ4n) is 3.90. The molecule has 0 aromatic heterocycles. The number of rotatable bonds is 8. The first-order valence-electron chi connectivity index (χ1n) is 11.0. The quantitative estimate of drug-likeness (QED) is 0.324. The van der Waals surface area contributed by atoms with E-state index in [1.54, 1.807) is 0 Å². The summed E-state index contributed by atoms with van der Waals surface area (Å²) >= 11 is 0. The summed E-state index contributed by atoms with van der Waals surface area (Å²) in [7, 11) is 1.38. The van der Waals surface area contributed by atoms with Crippen LogP contribution in [0.15, 0.2) is 60.7 Å². The Labute approximate surface area is 196 Å². The normalized spacial score (nSPS) is 29.6. The molecule has 10 heteroatoms. The average Bonchev–Trinajstić information content (AvgIpc) is 2.87. The molecule has 0 N–H and O–H groups in total. The first-order chi connectivity index (χ1) is 16.5. The number of carbonyl (C=O) groups is 1. The molecule has 34 heavy (non-hydrogen) atoms. The second kappa shape index (κ2) is 11.0. The number of nitrogens with zero attached hydrogens (tertiary/aromatic N) is 1. The summed E-state index contributed by atoms with van der Waals surface area (Å²) in [5.74, 6) is -1.02. The number of esters is 1.